The van der Waals surface area contributed by atoms with Gasteiger partial charge in [-0.3, -0.25) is 4.79 Å². The Bertz CT molecular complexity index is 599. The number of nitrogens with zero attached hydrogens (tertiary/aromatic N) is 4. The molecule has 0 saturated carbocycles. The molecule has 3 N–H and O–H groups in total. The summed E-state index contributed by atoms with van der Waals surface area (Å²) in [7, 11) is 1.54. The zero-order chi connectivity index (χ0) is 13.8. The summed E-state index contributed by atoms with van der Waals surface area (Å²) < 4.78 is 5.05. The molecule has 8 nitrogen and oxygen atoms in total. The van der Waals surface area contributed by atoms with Crippen molar-refractivity contribution >= 4 is 23.1 Å². The first kappa shape index (κ1) is 13.1. The first-order valence-corrected chi connectivity index (χ1v) is 6.16. The molecule has 0 radical (unpaired) electrons. The van der Waals surface area contributed by atoms with Gasteiger partial charge in [0.15, 0.2) is 0 Å². The van der Waals surface area contributed by atoms with Crippen LogP contribution in [0.1, 0.15) is 20.6 Å². The number of rotatable bonds is 5. The molecule has 2 rings (SSSR count). The van der Waals surface area contributed by atoms with Gasteiger partial charge in [0.05, 0.1) is 13.7 Å². The number of hydrogen-bond donors (Lipinski definition) is 2. The van der Waals surface area contributed by atoms with E-state index in [2.05, 4.69) is 25.5 Å². The summed E-state index contributed by atoms with van der Waals surface area (Å²) in [6, 6.07) is 1.67. The molecule has 0 aliphatic carbocycles. The van der Waals surface area contributed by atoms with Crippen LogP contribution in [-0.2, 0) is 6.54 Å². The number of nitrogens with two attached hydrogens (primary N) is 1. The Morgan fingerprint density at radius 2 is 2.26 bits per heavy atom. The zero-order valence-electron chi connectivity index (χ0n) is 10.4. The van der Waals surface area contributed by atoms with E-state index < -0.39 is 5.91 Å². The quantitative estimate of drug-likeness (QED) is 0.812. The lowest BCUT2D eigenvalue weighted by molar-refractivity contribution is 0.0999. The van der Waals surface area contributed by atoms with E-state index in [0.29, 0.717) is 29.1 Å². The fourth-order valence-corrected chi connectivity index (χ4v) is 1.96. The Balaban J connectivity index is 2.05. The maximum Gasteiger partial charge on any atom is 0.279 e. The Morgan fingerprint density at radius 3 is 2.89 bits per heavy atom. The van der Waals surface area contributed by atoms with Gasteiger partial charge in [0, 0.05) is 6.07 Å². The van der Waals surface area contributed by atoms with Crippen molar-refractivity contribution in [3.63, 3.8) is 0 Å². The molecule has 0 aliphatic rings. The highest BCUT2D eigenvalue weighted by Gasteiger charge is 2.09. The molecule has 0 unspecified atom stereocenters. The number of aromatic nitrogens is 4. The summed E-state index contributed by atoms with van der Waals surface area (Å²) in [5.41, 5.74) is 5.10. The molecular formula is C10H12N6O2S. The lowest BCUT2D eigenvalue weighted by Crippen LogP contribution is -2.10. The molecule has 2 aromatic rings. The number of aryl methyl sites for hydroxylation is 1. The van der Waals surface area contributed by atoms with Crippen LogP contribution in [0.2, 0.25) is 0 Å². The average Bonchev–Trinajstić information content (AvgIpc) is 2.84. The van der Waals surface area contributed by atoms with Gasteiger partial charge in [0.25, 0.3) is 5.91 Å². The van der Waals surface area contributed by atoms with E-state index in [-0.39, 0.29) is 5.01 Å². The molecule has 0 atom stereocenters. The molecule has 0 aliphatic heterocycles. The molecule has 19 heavy (non-hydrogen) atoms. The van der Waals surface area contributed by atoms with E-state index in [1.807, 2.05) is 0 Å². The lowest BCUT2D eigenvalue weighted by Gasteiger charge is -2.06. The highest BCUT2D eigenvalue weighted by molar-refractivity contribution is 7.13. The van der Waals surface area contributed by atoms with Crippen molar-refractivity contribution in [1.82, 2.24) is 20.2 Å². The van der Waals surface area contributed by atoms with Crippen LogP contribution in [0.15, 0.2) is 6.07 Å². The van der Waals surface area contributed by atoms with E-state index in [4.69, 9.17) is 10.5 Å². The third-order valence-electron chi connectivity index (χ3n) is 2.12. The van der Waals surface area contributed by atoms with E-state index in [9.17, 15) is 4.79 Å². The van der Waals surface area contributed by atoms with Gasteiger partial charge in [-0.2, -0.15) is 4.98 Å². The highest BCUT2D eigenvalue weighted by atomic mass is 32.1. The molecule has 1 amide bonds. The standard InChI is InChI=1S/C10H12N6O2S/c1-5-13-6(3-7(14-5)18-2)12-4-8-15-16-10(19-8)9(11)17/h3H,4H2,1-2H3,(H2,11,17)(H,12,13,14). The number of amides is 1. The van der Waals surface area contributed by atoms with Gasteiger partial charge in [-0.05, 0) is 6.92 Å². The van der Waals surface area contributed by atoms with E-state index in [0.717, 1.165) is 11.3 Å². The van der Waals surface area contributed by atoms with Gasteiger partial charge in [-0.15, -0.1) is 10.2 Å². The number of carbonyl (C=O) groups excluding carboxylic acids is 1. The second-order valence-corrected chi connectivity index (χ2v) is 4.62. The molecule has 0 fully saturated rings. The van der Waals surface area contributed by atoms with Crippen LogP contribution in [0.3, 0.4) is 0 Å². The molecule has 0 aromatic carbocycles. The molecule has 2 heterocycles. The maximum absolute atomic E-state index is 10.9. The van der Waals surface area contributed by atoms with Crippen LogP contribution in [0.5, 0.6) is 5.88 Å². The van der Waals surface area contributed by atoms with Gasteiger partial charge in [-0.25, -0.2) is 4.98 Å². The molecule has 0 bridgehead atoms. The molecule has 0 spiro atoms. The predicted molar refractivity (Wildman–Crippen MR) is 69.1 cm³/mol. The molecular weight excluding hydrogens is 268 g/mol. The first-order valence-electron chi connectivity index (χ1n) is 5.34. The Labute approximate surface area is 113 Å². The van der Waals surface area contributed by atoms with Gasteiger partial charge < -0.3 is 15.8 Å². The average molecular weight is 280 g/mol. The Kier molecular flexibility index (Phi) is 3.85. The van der Waals surface area contributed by atoms with Gasteiger partial charge in [0.1, 0.15) is 16.6 Å². The van der Waals surface area contributed by atoms with Gasteiger partial charge in [0.2, 0.25) is 10.9 Å². The number of hydrogen-bond acceptors (Lipinski definition) is 8. The third-order valence-corrected chi connectivity index (χ3v) is 3.06. The minimum absolute atomic E-state index is 0.188. The van der Waals surface area contributed by atoms with Crippen LogP contribution in [0, 0.1) is 6.92 Å². The largest absolute Gasteiger partial charge is 0.481 e. The maximum atomic E-state index is 10.9. The second-order valence-electron chi connectivity index (χ2n) is 3.56. The normalized spacial score (nSPS) is 10.2. The van der Waals surface area contributed by atoms with Gasteiger partial charge in [-0.1, -0.05) is 11.3 Å². The number of nitrogens with one attached hydrogen (secondary N) is 1. The van der Waals surface area contributed by atoms with Crippen LogP contribution < -0.4 is 15.8 Å². The summed E-state index contributed by atoms with van der Waals surface area (Å²) in [6.45, 7) is 2.16. The fraction of sp³-hybridized carbons (Fsp3) is 0.300. The third kappa shape index (κ3) is 3.35. The van der Waals surface area contributed by atoms with Crippen LogP contribution >= 0.6 is 11.3 Å². The van der Waals surface area contributed by atoms with E-state index in [1.165, 1.54) is 7.11 Å². The topological polar surface area (TPSA) is 116 Å². The SMILES string of the molecule is COc1cc(NCc2nnc(C(N)=O)s2)nc(C)n1. The zero-order valence-corrected chi connectivity index (χ0v) is 11.2. The Morgan fingerprint density at radius 1 is 1.47 bits per heavy atom. The monoisotopic (exact) mass is 280 g/mol. The summed E-state index contributed by atoms with van der Waals surface area (Å²) in [5, 5.41) is 11.4. The van der Waals surface area contributed by atoms with Crippen molar-refractivity contribution in [3.8, 4) is 5.88 Å². The predicted octanol–water partition coefficient (Wildman–Crippen LogP) is 0.356. The van der Waals surface area contributed by atoms with E-state index in [1.54, 1.807) is 13.0 Å². The number of methoxy groups -OCH3 is 1. The summed E-state index contributed by atoms with van der Waals surface area (Å²) in [5.74, 6) is 1.10. The molecule has 0 saturated heterocycles. The summed E-state index contributed by atoms with van der Waals surface area (Å²) in [4.78, 5) is 19.2. The van der Waals surface area contributed by atoms with Crippen molar-refractivity contribution in [2.24, 2.45) is 5.73 Å². The highest BCUT2D eigenvalue weighted by Crippen LogP contribution is 2.15. The van der Waals surface area contributed by atoms with Crippen molar-refractivity contribution in [2.75, 3.05) is 12.4 Å². The van der Waals surface area contributed by atoms with Crippen LogP contribution in [0.4, 0.5) is 5.82 Å². The second kappa shape index (κ2) is 5.57. The van der Waals surface area contributed by atoms with Crippen LogP contribution in [0.25, 0.3) is 0 Å². The first-order chi connectivity index (χ1) is 9.08. The van der Waals surface area contributed by atoms with Crippen molar-refractivity contribution < 1.29 is 9.53 Å². The minimum atomic E-state index is -0.580. The number of carbonyl (C=O) groups is 1. The Hall–Kier alpha value is -2.29. The van der Waals surface area contributed by atoms with Gasteiger partial charge >= 0.3 is 0 Å². The number of ether oxygens (including phenoxy) is 1. The lowest BCUT2D eigenvalue weighted by atomic mass is 10.5. The van der Waals surface area contributed by atoms with Crippen molar-refractivity contribution in [3.05, 3.63) is 21.9 Å². The number of anilines is 1. The summed E-state index contributed by atoms with van der Waals surface area (Å²) >= 11 is 1.14. The number of primary amides is 1. The smallest absolute Gasteiger partial charge is 0.279 e. The minimum Gasteiger partial charge on any atom is -0.481 e. The molecule has 100 valence electrons. The molecule has 2 aromatic heterocycles. The fourth-order valence-electron chi connectivity index (χ4n) is 1.33. The summed E-state index contributed by atoms with van der Waals surface area (Å²) in [6.07, 6.45) is 0. The van der Waals surface area contributed by atoms with Crippen molar-refractivity contribution in [2.45, 2.75) is 13.5 Å². The molecule has 9 heteroatoms. The van der Waals surface area contributed by atoms with Crippen molar-refractivity contribution in [1.29, 1.82) is 0 Å². The van der Waals surface area contributed by atoms with Crippen LogP contribution in [-0.4, -0.2) is 33.2 Å². The van der Waals surface area contributed by atoms with E-state index >= 15 is 0 Å².